The summed E-state index contributed by atoms with van der Waals surface area (Å²) < 4.78 is 5.84. The van der Waals surface area contributed by atoms with Crippen LogP contribution in [0.5, 0.6) is 5.75 Å². The predicted octanol–water partition coefficient (Wildman–Crippen LogP) is 5.11. The third-order valence-electron chi connectivity index (χ3n) is 5.20. The van der Waals surface area contributed by atoms with E-state index in [1.807, 2.05) is 54.6 Å². The number of fused-ring (bicyclic) bond motifs is 3. The van der Waals surface area contributed by atoms with E-state index in [2.05, 4.69) is 4.98 Å². The lowest BCUT2D eigenvalue weighted by molar-refractivity contribution is 0.306. The van der Waals surface area contributed by atoms with Crippen LogP contribution >= 0.6 is 11.3 Å². The molecule has 28 heavy (non-hydrogen) atoms. The second-order valence-electron chi connectivity index (χ2n) is 7.10. The van der Waals surface area contributed by atoms with Crippen molar-refractivity contribution in [2.75, 3.05) is 0 Å². The van der Waals surface area contributed by atoms with Gasteiger partial charge in [-0.2, -0.15) is 0 Å². The van der Waals surface area contributed by atoms with Crippen molar-refractivity contribution >= 4 is 21.6 Å². The number of benzene rings is 2. The van der Waals surface area contributed by atoms with Crippen LogP contribution < -0.4 is 10.3 Å². The van der Waals surface area contributed by atoms with Gasteiger partial charge in [0.15, 0.2) is 0 Å². The molecule has 0 spiro atoms. The molecular formula is C23H20N2O2S. The van der Waals surface area contributed by atoms with Gasteiger partial charge in [0.1, 0.15) is 23.0 Å². The molecule has 4 aromatic rings. The number of hydrogen-bond donors (Lipinski definition) is 1. The van der Waals surface area contributed by atoms with Crippen LogP contribution in [-0.2, 0) is 19.4 Å². The number of H-pyrrole nitrogens is 1. The fourth-order valence-corrected chi connectivity index (χ4v) is 5.01. The zero-order valence-electron chi connectivity index (χ0n) is 15.4. The molecule has 1 aliphatic carbocycles. The highest BCUT2D eigenvalue weighted by Gasteiger charge is 2.20. The molecule has 5 rings (SSSR count). The molecule has 0 bridgehead atoms. The third kappa shape index (κ3) is 3.22. The van der Waals surface area contributed by atoms with E-state index < -0.39 is 0 Å². The number of rotatable bonds is 4. The SMILES string of the molecule is O=c1[nH]c(-c2ccc(OCc3ccccc3)cc2)nc2sc3c(c12)CCCC3. The number of ether oxygens (including phenoxy) is 1. The Morgan fingerprint density at radius 2 is 1.79 bits per heavy atom. The van der Waals surface area contributed by atoms with Crippen molar-refractivity contribution in [2.45, 2.75) is 32.3 Å². The van der Waals surface area contributed by atoms with E-state index in [1.54, 1.807) is 11.3 Å². The molecule has 0 atom stereocenters. The molecular weight excluding hydrogens is 368 g/mol. The minimum Gasteiger partial charge on any atom is -0.489 e. The topological polar surface area (TPSA) is 55.0 Å². The highest BCUT2D eigenvalue weighted by Crippen LogP contribution is 2.34. The van der Waals surface area contributed by atoms with Gasteiger partial charge in [-0.25, -0.2) is 4.98 Å². The van der Waals surface area contributed by atoms with Crippen LogP contribution in [0.3, 0.4) is 0 Å². The Bertz CT molecular complexity index is 1180. The van der Waals surface area contributed by atoms with Crippen molar-refractivity contribution in [3.8, 4) is 17.1 Å². The maximum atomic E-state index is 12.7. The zero-order valence-corrected chi connectivity index (χ0v) is 16.2. The molecule has 1 N–H and O–H groups in total. The first-order valence-electron chi connectivity index (χ1n) is 9.60. The van der Waals surface area contributed by atoms with Gasteiger partial charge in [0.05, 0.1) is 5.39 Å². The maximum Gasteiger partial charge on any atom is 0.260 e. The van der Waals surface area contributed by atoms with Gasteiger partial charge in [-0.05, 0) is 61.1 Å². The number of aromatic amines is 1. The molecule has 2 heterocycles. The zero-order chi connectivity index (χ0) is 18.9. The molecule has 5 heteroatoms. The van der Waals surface area contributed by atoms with E-state index in [4.69, 9.17) is 9.72 Å². The minimum absolute atomic E-state index is 0.0243. The summed E-state index contributed by atoms with van der Waals surface area (Å²) in [6.45, 7) is 0.530. The van der Waals surface area contributed by atoms with Crippen LogP contribution in [0.25, 0.3) is 21.6 Å². The number of nitrogens with one attached hydrogen (secondary N) is 1. The third-order valence-corrected chi connectivity index (χ3v) is 6.39. The Morgan fingerprint density at radius 3 is 2.61 bits per heavy atom. The van der Waals surface area contributed by atoms with Crippen molar-refractivity contribution in [1.29, 1.82) is 0 Å². The first kappa shape index (κ1) is 17.2. The summed E-state index contributed by atoms with van der Waals surface area (Å²) in [5, 5.41) is 0.797. The first-order chi connectivity index (χ1) is 13.8. The first-order valence-corrected chi connectivity index (χ1v) is 10.4. The van der Waals surface area contributed by atoms with E-state index in [-0.39, 0.29) is 5.56 Å². The van der Waals surface area contributed by atoms with E-state index in [9.17, 15) is 4.79 Å². The Balaban J connectivity index is 1.41. The van der Waals surface area contributed by atoms with Crippen molar-refractivity contribution in [2.24, 2.45) is 0 Å². The van der Waals surface area contributed by atoms with Gasteiger partial charge < -0.3 is 9.72 Å². The Labute approximate surface area is 166 Å². The highest BCUT2D eigenvalue weighted by molar-refractivity contribution is 7.18. The Kier molecular flexibility index (Phi) is 4.45. The van der Waals surface area contributed by atoms with Gasteiger partial charge in [-0.15, -0.1) is 11.3 Å². The summed E-state index contributed by atoms with van der Waals surface area (Å²) in [5.74, 6) is 1.41. The summed E-state index contributed by atoms with van der Waals surface area (Å²) in [6, 6.07) is 17.8. The van der Waals surface area contributed by atoms with Gasteiger partial charge >= 0.3 is 0 Å². The van der Waals surface area contributed by atoms with E-state index in [0.717, 1.165) is 46.4 Å². The average Bonchev–Trinajstić information content (AvgIpc) is 3.12. The van der Waals surface area contributed by atoms with E-state index in [0.29, 0.717) is 12.4 Å². The summed E-state index contributed by atoms with van der Waals surface area (Å²) in [4.78, 5) is 22.6. The molecule has 0 saturated heterocycles. The number of hydrogen-bond acceptors (Lipinski definition) is 4. The molecule has 0 unspecified atom stereocenters. The molecule has 0 fully saturated rings. The highest BCUT2D eigenvalue weighted by atomic mass is 32.1. The monoisotopic (exact) mass is 388 g/mol. The van der Waals surface area contributed by atoms with Gasteiger partial charge in [0.25, 0.3) is 5.56 Å². The molecule has 2 aromatic heterocycles. The van der Waals surface area contributed by atoms with Gasteiger partial charge in [-0.1, -0.05) is 30.3 Å². The number of nitrogens with zero attached hydrogens (tertiary/aromatic N) is 1. The quantitative estimate of drug-likeness (QED) is 0.529. The van der Waals surface area contributed by atoms with Crippen LogP contribution in [-0.4, -0.2) is 9.97 Å². The van der Waals surface area contributed by atoms with Gasteiger partial charge in [0.2, 0.25) is 0 Å². The standard InChI is InChI=1S/C23H20N2O2S/c26-22-20-18-8-4-5-9-19(18)28-23(20)25-21(24-22)16-10-12-17(13-11-16)27-14-15-6-2-1-3-7-15/h1-3,6-7,10-13H,4-5,8-9,14H2,(H,24,25,26). The summed E-state index contributed by atoms with van der Waals surface area (Å²) in [5.41, 5.74) is 3.21. The van der Waals surface area contributed by atoms with Gasteiger partial charge in [0, 0.05) is 10.4 Å². The number of thiophene rings is 1. The van der Waals surface area contributed by atoms with Crippen LogP contribution in [0.1, 0.15) is 28.8 Å². The largest absolute Gasteiger partial charge is 0.489 e. The summed E-state index contributed by atoms with van der Waals surface area (Å²) in [6.07, 6.45) is 4.42. The van der Waals surface area contributed by atoms with Crippen LogP contribution in [0.15, 0.2) is 59.4 Å². The van der Waals surface area contributed by atoms with Crippen LogP contribution in [0, 0.1) is 0 Å². The normalized spacial score (nSPS) is 13.4. The molecule has 0 amide bonds. The second kappa shape index (κ2) is 7.24. The number of aromatic nitrogens is 2. The molecule has 1 aliphatic rings. The van der Waals surface area contributed by atoms with Crippen molar-refractivity contribution < 1.29 is 4.74 Å². The molecule has 2 aromatic carbocycles. The van der Waals surface area contributed by atoms with Crippen molar-refractivity contribution in [3.63, 3.8) is 0 Å². The summed E-state index contributed by atoms with van der Waals surface area (Å²) in [7, 11) is 0. The lowest BCUT2D eigenvalue weighted by Gasteiger charge is -2.09. The lowest BCUT2D eigenvalue weighted by atomic mass is 9.97. The van der Waals surface area contributed by atoms with Crippen molar-refractivity contribution in [1.82, 2.24) is 9.97 Å². The molecule has 0 aliphatic heterocycles. The van der Waals surface area contributed by atoms with Crippen LogP contribution in [0.2, 0.25) is 0 Å². The molecule has 140 valence electrons. The predicted molar refractivity (Wildman–Crippen MR) is 113 cm³/mol. The van der Waals surface area contributed by atoms with Crippen molar-refractivity contribution in [3.05, 3.63) is 81.0 Å². The fraction of sp³-hybridized carbons (Fsp3) is 0.217. The fourth-order valence-electron chi connectivity index (χ4n) is 3.75. The smallest absolute Gasteiger partial charge is 0.260 e. The van der Waals surface area contributed by atoms with E-state index in [1.165, 1.54) is 16.9 Å². The summed E-state index contributed by atoms with van der Waals surface area (Å²) >= 11 is 1.68. The van der Waals surface area contributed by atoms with Crippen LogP contribution in [0.4, 0.5) is 0 Å². The minimum atomic E-state index is -0.0243. The second-order valence-corrected chi connectivity index (χ2v) is 8.19. The molecule has 4 nitrogen and oxygen atoms in total. The van der Waals surface area contributed by atoms with Gasteiger partial charge in [-0.3, -0.25) is 4.79 Å². The average molecular weight is 388 g/mol. The molecule has 0 saturated carbocycles. The number of aryl methyl sites for hydroxylation is 2. The Hall–Kier alpha value is -2.92. The van der Waals surface area contributed by atoms with E-state index >= 15 is 0 Å². The Morgan fingerprint density at radius 1 is 1.00 bits per heavy atom. The lowest BCUT2D eigenvalue weighted by Crippen LogP contribution is -2.11. The molecule has 0 radical (unpaired) electrons. The maximum absolute atomic E-state index is 12.7.